The highest BCUT2D eigenvalue weighted by molar-refractivity contribution is 7.15. The van der Waals surface area contributed by atoms with E-state index in [1.54, 1.807) is 35.8 Å². The van der Waals surface area contributed by atoms with E-state index in [1.165, 1.54) is 0 Å². The number of thiophene rings is 1. The molecule has 0 aromatic carbocycles. The number of piperazine rings is 2. The highest BCUT2D eigenvalue weighted by Gasteiger charge is 2.46. The lowest BCUT2D eigenvalue weighted by molar-refractivity contribution is -0.135. The molecule has 0 aliphatic carbocycles. The van der Waals surface area contributed by atoms with E-state index in [-0.39, 0.29) is 23.6 Å². The first-order valence-corrected chi connectivity index (χ1v) is 11.8. The second kappa shape index (κ2) is 8.98. The Morgan fingerprint density at radius 2 is 1.26 bits per heavy atom. The zero-order valence-electron chi connectivity index (χ0n) is 18.7. The molecule has 0 saturated carbocycles. The Labute approximate surface area is 187 Å². The summed E-state index contributed by atoms with van der Waals surface area (Å²) in [5.74, 6) is -0.752. The minimum Gasteiger partial charge on any atom is -0.352 e. The minimum absolute atomic E-state index is 0.142. The summed E-state index contributed by atoms with van der Waals surface area (Å²) in [5, 5.41) is 5.71. The number of rotatable bonds is 6. The molecule has 1 aromatic rings. The summed E-state index contributed by atoms with van der Waals surface area (Å²) in [4.78, 5) is 55.8. The molecule has 2 atom stereocenters. The van der Waals surface area contributed by atoms with E-state index in [0.717, 1.165) is 24.2 Å². The van der Waals surface area contributed by atoms with E-state index in [9.17, 15) is 19.2 Å². The SMILES string of the molecule is CCCC1(C)C(=O)NCCN1C(=O)c1ccc(C(=O)N2CCNC(=O)C2(C)CCC)s1. The maximum absolute atomic E-state index is 13.3. The second-order valence-electron chi connectivity index (χ2n) is 8.64. The third-order valence-corrected chi connectivity index (χ3v) is 7.46. The number of carbonyl (C=O) groups excluding carboxylic acids is 4. The molecule has 31 heavy (non-hydrogen) atoms. The summed E-state index contributed by atoms with van der Waals surface area (Å²) in [6.07, 6.45) is 2.68. The van der Waals surface area contributed by atoms with Crippen LogP contribution < -0.4 is 10.6 Å². The van der Waals surface area contributed by atoms with Gasteiger partial charge in [-0.2, -0.15) is 0 Å². The first-order chi connectivity index (χ1) is 14.7. The van der Waals surface area contributed by atoms with E-state index in [1.807, 2.05) is 13.8 Å². The summed E-state index contributed by atoms with van der Waals surface area (Å²) in [5.41, 5.74) is -1.80. The number of amides is 4. The van der Waals surface area contributed by atoms with Gasteiger partial charge < -0.3 is 20.4 Å². The normalized spacial score (nSPS) is 26.5. The molecule has 0 radical (unpaired) electrons. The average molecular weight is 449 g/mol. The lowest BCUT2D eigenvalue weighted by atomic mass is 9.90. The van der Waals surface area contributed by atoms with E-state index in [2.05, 4.69) is 10.6 Å². The number of hydrogen-bond acceptors (Lipinski definition) is 5. The number of hydrogen-bond donors (Lipinski definition) is 2. The Kier molecular flexibility index (Phi) is 6.73. The van der Waals surface area contributed by atoms with Crippen molar-refractivity contribution in [3.05, 3.63) is 21.9 Å². The zero-order chi connectivity index (χ0) is 22.8. The predicted molar refractivity (Wildman–Crippen MR) is 119 cm³/mol. The fourth-order valence-corrected chi connectivity index (χ4v) is 5.54. The molecule has 0 bridgehead atoms. The largest absolute Gasteiger partial charge is 0.352 e. The zero-order valence-corrected chi connectivity index (χ0v) is 19.6. The molecule has 8 nitrogen and oxygen atoms in total. The molecule has 9 heteroatoms. The van der Waals surface area contributed by atoms with Crippen molar-refractivity contribution < 1.29 is 19.2 Å². The molecular formula is C22H32N4O4S. The minimum atomic E-state index is -0.900. The van der Waals surface area contributed by atoms with Gasteiger partial charge in [0.25, 0.3) is 11.8 Å². The number of carbonyl (C=O) groups is 4. The summed E-state index contributed by atoms with van der Waals surface area (Å²) < 4.78 is 0. The van der Waals surface area contributed by atoms with E-state index < -0.39 is 11.1 Å². The first kappa shape index (κ1) is 23.2. The fourth-order valence-electron chi connectivity index (χ4n) is 4.64. The Balaban J connectivity index is 1.85. The predicted octanol–water partition coefficient (Wildman–Crippen LogP) is 2.01. The van der Waals surface area contributed by atoms with Gasteiger partial charge in [-0.3, -0.25) is 19.2 Å². The molecule has 2 N–H and O–H groups in total. The van der Waals surface area contributed by atoms with Gasteiger partial charge in [-0.05, 0) is 38.8 Å². The van der Waals surface area contributed by atoms with Crippen LogP contribution in [0, 0.1) is 0 Å². The molecule has 1 aromatic heterocycles. The number of nitrogens with one attached hydrogen (secondary N) is 2. The van der Waals surface area contributed by atoms with Gasteiger partial charge in [0.15, 0.2) is 0 Å². The van der Waals surface area contributed by atoms with Gasteiger partial charge in [0.05, 0.1) is 9.75 Å². The van der Waals surface area contributed by atoms with Crippen LogP contribution in [-0.2, 0) is 9.59 Å². The standard InChI is InChI=1S/C22H32N4O4S/c1-5-9-21(3)19(29)23-11-13-25(21)17(27)15-7-8-16(31-15)18(28)26-14-12-24-20(30)22(26,4)10-6-2/h7-8H,5-6,9-14H2,1-4H3,(H,23,29)(H,24,30). The molecule has 2 aliphatic heterocycles. The van der Waals surface area contributed by atoms with Gasteiger partial charge in [-0.15, -0.1) is 11.3 Å². The molecule has 2 aliphatic rings. The van der Waals surface area contributed by atoms with E-state index >= 15 is 0 Å². The molecule has 3 rings (SSSR count). The summed E-state index contributed by atoms with van der Waals surface area (Å²) >= 11 is 1.13. The topological polar surface area (TPSA) is 98.8 Å². The first-order valence-electron chi connectivity index (χ1n) is 11.0. The van der Waals surface area contributed by atoms with Crippen LogP contribution >= 0.6 is 11.3 Å². The molecule has 2 saturated heterocycles. The maximum atomic E-state index is 13.3. The van der Waals surface area contributed by atoms with E-state index in [4.69, 9.17) is 0 Å². The van der Waals surface area contributed by atoms with Crippen LogP contribution in [0.3, 0.4) is 0 Å². The van der Waals surface area contributed by atoms with Crippen LogP contribution in [-0.4, -0.2) is 70.7 Å². The average Bonchev–Trinajstić information content (AvgIpc) is 3.22. The third kappa shape index (κ3) is 4.07. The number of nitrogens with zero attached hydrogens (tertiary/aromatic N) is 2. The van der Waals surface area contributed by atoms with Crippen LogP contribution in [0.25, 0.3) is 0 Å². The van der Waals surface area contributed by atoms with Crippen molar-refractivity contribution in [1.29, 1.82) is 0 Å². The second-order valence-corrected chi connectivity index (χ2v) is 9.72. The van der Waals surface area contributed by atoms with Gasteiger partial charge in [-0.1, -0.05) is 26.7 Å². The van der Waals surface area contributed by atoms with Gasteiger partial charge in [0.1, 0.15) is 11.1 Å². The van der Waals surface area contributed by atoms with Crippen molar-refractivity contribution in [3.63, 3.8) is 0 Å². The van der Waals surface area contributed by atoms with Crippen molar-refractivity contribution in [2.45, 2.75) is 64.5 Å². The van der Waals surface area contributed by atoms with Gasteiger partial charge in [0.2, 0.25) is 11.8 Å². The van der Waals surface area contributed by atoms with Crippen molar-refractivity contribution in [2.24, 2.45) is 0 Å². The Hall–Kier alpha value is -2.42. The van der Waals surface area contributed by atoms with Crippen molar-refractivity contribution >= 4 is 35.0 Å². The van der Waals surface area contributed by atoms with Crippen molar-refractivity contribution in [2.75, 3.05) is 26.2 Å². The molecule has 2 fully saturated rings. The Morgan fingerprint density at radius 1 is 0.871 bits per heavy atom. The van der Waals surface area contributed by atoms with Crippen LogP contribution in [0.5, 0.6) is 0 Å². The van der Waals surface area contributed by atoms with Gasteiger partial charge in [-0.25, -0.2) is 0 Å². The molecule has 4 amide bonds. The van der Waals surface area contributed by atoms with Gasteiger partial charge in [0, 0.05) is 26.2 Å². The maximum Gasteiger partial charge on any atom is 0.264 e. The lowest BCUT2D eigenvalue weighted by Gasteiger charge is -2.43. The summed E-state index contributed by atoms with van der Waals surface area (Å²) in [7, 11) is 0. The van der Waals surface area contributed by atoms with Crippen LogP contribution in [0.1, 0.15) is 72.7 Å². The summed E-state index contributed by atoms with van der Waals surface area (Å²) in [6, 6.07) is 3.31. The Bertz CT molecular complexity index is 816. The van der Waals surface area contributed by atoms with Crippen molar-refractivity contribution in [1.82, 2.24) is 20.4 Å². The van der Waals surface area contributed by atoms with E-state index in [0.29, 0.717) is 48.8 Å². The van der Waals surface area contributed by atoms with Gasteiger partial charge >= 0.3 is 0 Å². The van der Waals surface area contributed by atoms with Crippen molar-refractivity contribution in [3.8, 4) is 0 Å². The third-order valence-electron chi connectivity index (χ3n) is 6.40. The quantitative estimate of drug-likeness (QED) is 0.695. The highest BCUT2D eigenvalue weighted by Crippen LogP contribution is 2.31. The molecule has 0 spiro atoms. The monoisotopic (exact) mass is 448 g/mol. The fraction of sp³-hybridized carbons (Fsp3) is 0.636. The van der Waals surface area contributed by atoms with Crippen LogP contribution in [0.4, 0.5) is 0 Å². The Morgan fingerprint density at radius 3 is 1.61 bits per heavy atom. The molecule has 170 valence electrons. The highest BCUT2D eigenvalue weighted by atomic mass is 32.1. The van der Waals surface area contributed by atoms with Crippen LogP contribution in [0.2, 0.25) is 0 Å². The van der Waals surface area contributed by atoms with Crippen LogP contribution in [0.15, 0.2) is 12.1 Å². The lowest BCUT2D eigenvalue weighted by Crippen LogP contribution is -2.64. The molecular weight excluding hydrogens is 416 g/mol. The summed E-state index contributed by atoms with van der Waals surface area (Å²) in [6.45, 7) is 9.26. The molecule has 2 unspecified atom stereocenters. The molecule has 3 heterocycles. The smallest absolute Gasteiger partial charge is 0.264 e.